The van der Waals surface area contributed by atoms with Gasteiger partial charge < -0.3 is 20.0 Å². The molecule has 3 rings (SSSR count). The quantitative estimate of drug-likeness (QED) is 0.609. The van der Waals surface area contributed by atoms with E-state index in [0.29, 0.717) is 6.54 Å². The van der Waals surface area contributed by atoms with E-state index >= 15 is 0 Å². The van der Waals surface area contributed by atoms with Crippen molar-refractivity contribution in [3.05, 3.63) is 53.9 Å². The topological polar surface area (TPSA) is 59.9 Å². The van der Waals surface area contributed by atoms with Crippen LogP contribution in [-0.4, -0.2) is 72.5 Å². The van der Waals surface area contributed by atoms with Gasteiger partial charge in [-0.15, -0.1) is 0 Å². The second-order valence-electron chi connectivity index (χ2n) is 7.25. The Hall–Kier alpha value is -2.67. The lowest BCUT2D eigenvalue weighted by molar-refractivity contribution is 0.370. The smallest absolute Gasteiger partial charge is 0.225 e. The van der Waals surface area contributed by atoms with E-state index in [0.717, 1.165) is 51.2 Å². The fraction of sp³-hybridized carbons (Fsp3) is 0.476. The number of hydrogen-bond donors (Lipinski definition) is 1. The first-order valence-electron chi connectivity index (χ1n) is 9.93. The van der Waals surface area contributed by atoms with Crippen LogP contribution in [0.2, 0.25) is 0 Å². The van der Waals surface area contributed by atoms with E-state index in [1.165, 1.54) is 11.1 Å². The minimum Gasteiger partial charge on any atom is -0.357 e. The molecule has 28 heavy (non-hydrogen) atoms. The Bertz CT molecular complexity index is 735. The number of rotatable bonds is 6. The molecule has 0 spiro atoms. The normalized spacial score (nSPS) is 15.2. The second-order valence-corrected chi connectivity index (χ2v) is 7.25. The van der Waals surface area contributed by atoms with Crippen molar-refractivity contribution in [1.82, 2.24) is 25.1 Å². The lowest BCUT2D eigenvalue weighted by Crippen LogP contribution is -2.52. The van der Waals surface area contributed by atoms with Crippen molar-refractivity contribution in [3.8, 4) is 0 Å². The number of nitrogens with one attached hydrogen (secondary N) is 1. The average molecular weight is 382 g/mol. The van der Waals surface area contributed by atoms with Crippen LogP contribution >= 0.6 is 0 Å². The van der Waals surface area contributed by atoms with Crippen LogP contribution in [-0.2, 0) is 13.1 Å². The zero-order chi connectivity index (χ0) is 19.8. The van der Waals surface area contributed by atoms with E-state index in [9.17, 15) is 0 Å². The van der Waals surface area contributed by atoms with Gasteiger partial charge in [-0.3, -0.25) is 0 Å². The van der Waals surface area contributed by atoms with Gasteiger partial charge in [0, 0.05) is 51.7 Å². The molecule has 1 fully saturated rings. The van der Waals surface area contributed by atoms with E-state index in [-0.39, 0.29) is 0 Å². The predicted octanol–water partition coefficient (Wildman–Crippen LogP) is 1.83. The molecule has 2 aromatic rings. The molecule has 7 nitrogen and oxygen atoms in total. The Morgan fingerprint density at radius 2 is 1.68 bits per heavy atom. The van der Waals surface area contributed by atoms with Gasteiger partial charge in [-0.1, -0.05) is 24.3 Å². The lowest BCUT2D eigenvalue weighted by Gasteiger charge is -2.36. The summed E-state index contributed by atoms with van der Waals surface area (Å²) in [7, 11) is 4.18. The number of aromatic nitrogens is 2. The van der Waals surface area contributed by atoms with Gasteiger partial charge in [-0.25, -0.2) is 15.0 Å². The number of benzene rings is 1. The summed E-state index contributed by atoms with van der Waals surface area (Å²) in [5, 5.41) is 3.43. The Kier molecular flexibility index (Phi) is 7.19. The van der Waals surface area contributed by atoms with Gasteiger partial charge in [0.1, 0.15) is 0 Å². The van der Waals surface area contributed by atoms with Crippen molar-refractivity contribution in [2.75, 3.05) is 51.7 Å². The maximum Gasteiger partial charge on any atom is 0.225 e. The molecule has 0 saturated carbocycles. The summed E-state index contributed by atoms with van der Waals surface area (Å²) in [4.78, 5) is 20.3. The average Bonchev–Trinajstić information content (AvgIpc) is 2.73. The van der Waals surface area contributed by atoms with Gasteiger partial charge in [0.05, 0.1) is 6.54 Å². The maximum absolute atomic E-state index is 4.87. The van der Waals surface area contributed by atoms with Crippen LogP contribution in [0.1, 0.15) is 18.1 Å². The fourth-order valence-electron chi connectivity index (χ4n) is 3.28. The van der Waals surface area contributed by atoms with Gasteiger partial charge in [-0.2, -0.15) is 0 Å². The molecule has 0 atom stereocenters. The molecule has 0 unspecified atom stereocenters. The first kappa shape index (κ1) is 20.1. The summed E-state index contributed by atoms with van der Waals surface area (Å²) in [5.41, 5.74) is 2.55. The van der Waals surface area contributed by atoms with Crippen molar-refractivity contribution in [3.63, 3.8) is 0 Å². The molecule has 1 N–H and O–H groups in total. The zero-order valence-corrected chi connectivity index (χ0v) is 17.2. The van der Waals surface area contributed by atoms with Gasteiger partial charge in [0.25, 0.3) is 0 Å². The molecule has 0 bridgehead atoms. The van der Waals surface area contributed by atoms with E-state index < -0.39 is 0 Å². The van der Waals surface area contributed by atoms with Crippen LogP contribution in [0.3, 0.4) is 0 Å². The van der Waals surface area contributed by atoms with Crippen molar-refractivity contribution in [2.24, 2.45) is 4.99 Å². The molecule has 0 aliphatic carbocycles. The number of hydrogen-bond acceptors (Lipinski definition) is 5. The molecule has 1 aromatic heterocycles. The highest BCUT2D eigenvalue weighted by Crippen LogP contribution is 2.11. The molecule has 1 aliphatic heterocycles. The zero-order valence-electron chi connectivity index (χ0n) is 17.2. The van der Waals surface area contributed by atoms with E-state index in [1.807, 2.05) is 6.07 Å². The summed E-state index contributed by atoms with van der Waals surface area (Å²) >= 11 is 0. The Balaban J connectivity index is 1.58. The number of nitrogens with zero attached hydrogens (tertiary/aromatic N) is 6. The number of guanidine groups is 1. The molecule has 7 heteroatoms. The molecular formula is C21H31N7. The van der Waals surface area contributed by atoms with Crippen molar-refractivity contribution in [2.45, 2.75) is 20.0 Å². The lowest BCUT2D eigenvalue weighted by atomic mass is 10.1. The molecule has 150 valence electrons. The Morgan fingerprint density at radius 1 is 1.04 bits per heavy atom. The van der Waals surface area contributed by atoms with E-state index in [2.05, 4.69) is 75.3 Å². The minimum absolute atomic E-state index is 0.687. The molecule has 0 amide bonds. The summed E-state index contributed by atoms with van der Waals surface area (Å²) in [5.74, 6) is 1.79. The van der Waals surface area contributed by atoms with Gasteiger partial charge >= 0.3 is 0 Å². The number of anilines is 1. The highest BCUT2D eigenvalue weighted by atomic mass is 15.4. The first-order chi connectivity index (χ1) is 13.7. The van der Waals surface area contributed by atoms with Crippen LogP contribution in [0.5, 0.6) is 0 Å². The molecule has 1 aromatic carbocycles. The van der Waals surface area contributed by atoms with Gasteiger partial charge in [-0.05, 0) is 38.2 Å². The summed E-state index contributed by atoms with van der Waals surface area (Å²) < 4.78 is 0. The Morgan fingerprint density at radius 3 is 2.29 bits per heavy atom. The third-order valence-electron chi connectivity index (χ3n) is 4.68. The summed E-state index contributed by atoms with van der Waals surface area (Å²) in [6.45, 7) is 8.23. The fourth-order valence-corrected chi connectivity index (χ4v) is 3.28. The molecule has 0 radical (unpaired) electrons. The molecular weight excluding hydrogens is 350 g/mol. The molecule has 1 aliphatic rings. The second kappa shape index (κ2) is 10.0. The van der Waals surface area contributed by atoms with Crippen molar-refractivity contribution < 1.29 is 0 Å². The SMILES string of the molecule is CCNC(=NCc1ccc(CN(C)C)cc1)N1CCN(c2ncccn2)CC1. The third kappa shape index (κ3) is 5.66. The summed E-state index contributed by atoms with van der Waals surface area (Å²) in [6, 6.07) is 10.6. The minimum atomic E-state index is 0.687. The van der Waals surface area contributed by atoms with E-state index in [1.54, 1.807) is 12.4 Å². The van der Waals surface area contributed by atoms with E-state index in [4.69, 9.17) is 4.99 Å². The third-order valence-corrected chi connectivity index (χ3v) is 4.68. The van der Waals surface area contributed by atoms with Crippen molar-refractivity contribution in [1.29, 1.82) is 0 Å². The molecule has 1 saturated heterocycles. The summed E-state index contributed by atoms with van der Waals surface area (Å²) in [6.07, 6.45) is 3.59. The number of aliphatic imine (C=N–C) groups is 1. The number of piperazine rings is 1. The van der Waals surface area contributed by atoms with Gasteiger partial charge in [0.15, 0.2) is 5.96 Å². The highest BCUT2D eigenvalue weighted by Gasteiger charge is 2.20. The monoisotopic (exact) mass is 381 g/mol. The standard InChI is InChI=1S/C21H31N7/c1-4-22-20(25-16-18-6-8-19(9-7-18)17-26(2)3)27-12-14-28(15-13-27)21-23-10-5-11-24-21/h5-11H,4,12-17H2,1-3H3,(H,22,25). The Labute approximate surface area is 168 Å². The first-order valence-corrected chi connectivity index (χ1v) is 9.93. The van der Waals surface area contributed by atoms with Crippen LogP contribution < -0.4 is 10.2 Å². The van der Waals surface area contributed by atoms with Gasteiger partial charge in [0.2, 0.25) is 5.95 Å². The van der Waals surface area contributed by atoms with Crippen LogP contribution in [0.4, 0.5) is 5.95 Å². The van der Waals surface area contributed by atoms with Crippen LogP contribution in [0.15, 0.2) is 47.7 Å². The van der Waals surface area contributed by atoms with Crippen LogP contribution in [0, 0.1) is 0 Å². The van der Waals surface area contributed by atoms with Crippen LogP contribution in [0.25, 0.3) is 0 Å². The largest absolute Gasteiger partial charge is 0.357 e. The van der Waals surface area contributed by atoms with Crippen molar-refractivity contribution >= 4 is 11.9 Å². The molecule has 2 heterocycles. The predicted molar refractivity (Wildman–Crippen MR) is 114 cm³/mol. The highest BCUT2D eigenvalue weighted by molar-refractivity contribution is 5.80. The maximum atomic E-state index is 4.87.